The van der Waals surface area contributed by atoms with Crippen molar-refractivity contribution in [3.05, 3.63) is 65.7 Å². The lowest BCUT2D eigenvalue weighted by molar-refractivity contribution is -0.117. The molecule has 0 aliphatic carbocycles. The molecule has 2 aromatic carbocycles. The number of rotatable bonds is 5. The topological polar surface area (TPSA) is 79.8 Å². The van der Waals surface area contributed by atoms with Gasteiger partial charge in [-0.1, -0.05) is 62.4 Å². The fourth-order valence-corrected chi connectivity index (χ4v) is 2.85. The molecule has 1 heterocycles. The molecule has 6 nitrogen and oxygen atoms in total. The summed E-state index contributed by atoms with van der Waals surface area (Å²) in [7, 11) is 0. The first-order chi connectivity index (χ1) is 13.0. The number of ether oxygens (including phenoxy) is 1. The highest BCUT2D eigenvalue weighted by Crippen LogP contribution is 2.23. The van der Waals surface area contributed by atoms with Crippen molar-refractivity contribution < 1.29 is 14.3 Å². The zero-order chi connectivity index (χ0) is 19.2. The molecule has 2 N–H and O–H groups in total. The van der Waals surface area contributed by atoms with E-state index in [1.165, 1.54) is 0 Å². The van der Waals surface area contributed by atoms with Crippen LogP contribution in [0.1, 0.15) is 31.4 Å². The molecule has 3 rings (SSSR count). The number of fused-ring (bicyclic) bond motifs is 1. The van der Waals surface area contributed by atoms with Crippen LogP contribution in [0.25, 0.3) is 0 Å². The van der Waals surface area contributed by atoms with Crippen LogP contribution in [-0.4, -0.2) is 23.9 Å². The number of carbonyl (C=O) groups excluding carboxylic acids is 2. The summed E-state index contributed by atoms with van der Waals surface area (Å²) < 4.78 is 5.21. The number of benzene rings is 2. The van der Waals surface area contributed by atoms with Crippen LogP contribution < -0.4 is 10.6 Å². The Morgan fingerprint density at radius 2 is 1.85 bits per heavy atom. The van der Waals surface area contributed by atoms with Gasteiger partial charge < -0.3 is 10.1 Å². The van der Waals surface area contributed by atoms with E-state index in [-0.39, 0.29) is 6.61 Å². The summed E-state index contributed by atoms with van der Waals surface area (Å²) in [6.45, 7) is 4.30. The van der Waals surface area contributed by atoms with E-state index in [1.54, 1.807) is 0 Å². The van der Waals surface area contributed by atoms with E-state index in [0.29, 0.717) is 18.0 Å². The van der Waals surface area contributed by atoms with E-state index in [0.717, 1.165) is 16.8 Å². The molecular weight excluding hydrogens is 342 g/mol. The average Bonchev–Trinajstić information content (AvgIpc) is 2.77. The van der Waals surface area contributed by atoms with Crippen LogP contribution in [0.4, 0.5) is 10.5 Å². The van der Waals surface area contributed by atoms with Gasteiger partial charge in [-0.25, -0.2) is 4.79 Å². The lowest BCUT2D eigenvalue weighted by atomic mass is 9.99. The van der Waals surface area contributed by atoms with Crippen molar-refractivity contribution >= 4 is 23.4 Å². The third kappa shape index (κ3) is 4.94. The number of hydrogen-bond acceptors (Lipinski definition) is 4. The molecule has 140 valence electrons. The van der Waals surface area contributed by atoms with Crippen LogP contribution in [0.3, 0.4) is 0 Å². The molecule has 2 aromatic rings. The van der Waals surface area contributed by atoms with Crippen LogP contribution >= 0.6 is 0 Å². The molecule has 2 amide bonds. The third-order valence-corrected chi connectivity index (χ3v) is 4.10. The van der Waals surface area contributed by atoms with Crippen molar-refractivity contribution in [3.63, 3.8) is 0 Å². The van der Waals surface area contributed by atoms with Crippen molar-refractivity contribution in [3.8, 4) is 0 Å². The Labute approximate surface area is 158 Å². The summed E-state index contributed by atoms with van der Waals surface area (Å²) in [5.41, 5.74) is 3.23. The Kier molecular flexibility index (Phi) is 5.86. The lowest BCUT2D eigenvalue weighted by Gasteiger charge is -2.14. The van der Waals surface area contributed by atoms with E-state index < -0.39 is 18.2 Å². The Morgan fingerprint density at radius 3 is 2.59 bits per heavy atom. The molecule has 0 bridgehead atoms. The number of para-hydroxylation sites is 1. The zero-order valence-electron chi connectivity index (χ0n) is 15.4. The lowest BCUT2D eigenvalue weighted by Crippen LogP contribution is -2.42. The fraction of sp³-hybridized carbons (Fsp3) is 0.286. The van der Waals surface area contributed by atoms with E-state index >= 15 is 0 Å². The van der Waals surface area contributed by atoms with Gasteiger partial charge in [0.25, 0.3) is 5.91 Å². The molecule has 1 atom stereocenters. The van der Waals surface area contributed by atoms with Gasteiger partial charge in [0.15, 0.2) is 0 Å². The highest BCUT2D eigenvalue weighted by molar-refractivity contribution is 6.12. The van der Waals surface area contributed by atoms with Gasteiger partial charge in [-0.05, 0) is 24.0 Å². The number of nitrogens with zero attached hydrogens (tertiary/aromatic N) is 1. The number of nitrogens with one attached hydrogen (secondary N) is 2. The number of amides is 2. The Morgan fingerprint density at radius 1 is 1.15 bits per heavy atom. The van der Waals surface area contributed by atoms with E-state index in [2.05, 4.69) is 29.5 Å². The van der Waals surface area contributed by atoms with E-state index in [9.17, 15) is 9.59 Å². The molecule has 0 fully saturated rings. The maximum atomic E-state index is 12.5. The smallest absolute Gasteiger partial charge is 0.409 e. The van der Waals surface area contributed by atoms with Crippen molar-refractivity contribution in [2.75, 3.05) is 5.32 Å². The first-order valence-corrected chi connectivity index (χ1v) is 8.97. The van der Waals surface area contributed by atoms with Gasteiger partial charge in [-0.2, -0.15) is 0 Å². The largest absolute Gasteiger partial charge is 0.445 e. The predicted octanol–water partition coefficient (Wildman–Crippen LogP) is 3.73. The second-order valence-electron chi connectivity index (χ2n) is 6.82. The summed E-state index contributed by atoms with van der Waals surface area (Å²) in [4.78, 5) is 29.2. The maximum absolute atomic E-state index is 12.5. The highest BCUT2D eigenvalue weighted by Gasteiger charge is 2.26. The summed E-state index contributed by atoms with van der Waals surface area (Å²) in [5, 5.41) is 5.39. The van der Waals surface area contributed by atoms with Gasteiger partial charge in [0.1, 0.15) is 6.61 Å². The Balaban J connectivity index is 1.74. The van der Waals surface area contributed by atoms with Gasteiger partial charge in [0.05, 0.1) is 0 Å². The molecule has 1 unspecified atom stereocenters. The van der Waals surface area contributed by atoms with Crippen LogP contribution in [0.5, 0.6) is 0 Å². The number of alkyl carbamates (subject to hydrolysis) is 1. The first-order valence-electron chi connectivity index (χ1n) is 8.97. The summed E-state index contributed by atoms with van der Waals surface area (Å²) in [5.74, 6) is -0.0337. The Bertz CT molecular complexity index is 847. The van der Waals surface area contributed by atoms with Crippen LogP contribution in [0, 0.1) is 5.92 Å². The summed E-state index contributed by atoms with van der Waals surface area (Å²) in [6.07, 6.45) is -1.02. The molecular formula is C21H23N3O3. The van der Waals surface area contributed by atoms with Gasteiger partial charge in [-0.15, -0.1) is 0 Å². The molecule has 1 aliphatic heterocycles. The molecule has 0 aromatic heterocycles. The number of anilines is 1. The van der Waals surface area contributed by atoms with Crippen LogP contribution in [-0.2, 0) is 16.1 Å². The molecule has 27 heavy (non-hydrogen) atoms. The molecule has 0 radical (unpaired) electrons. The number of aliphatic imine (C=N–C) groups is 1. The number of hydrogen-bond donors (Lipinski definition) is 2. The minimum atomic E-state index is -1.03. The monoisotopic (exact) mass is 365 g/mol. The molecule has 0 saturated carbocycles. The predicted molar refractivity (Wildman–Crippen MR) is 105 cm³/mol. The molecule has 1 aliphatic rings. The van der Waals surface area contributed by atoms with Gasteiger partial charge in [0, 0.05) is 17.0 Å². The number of benzodiazepines with no additional fused rings is 1. The quantitative estimate of drug-likeness (QED) is 0.847. The van der Waals surface area contributed by atoms with Crippen molar-refractivity contribution in [2.24, 2.45) is 10.9 Å². The summed E-state index contributed by atoms with van der Waals surface area (Å²) in [6, 6.07) is 16.9. The first kappa shape index (κ1) is 18.6. The van der Waals surface area contributed by atoms with Crippen molar-refractivity contribution in [1.82, 2.24) is 5.32 Å². The van der Waals surface area contributed by atoms with Crippen LogP contribution in [0.2, 0.25) is 0 Å². The minimum absolute atomic E-state index is 0.129. The van der Waals surface area contributed by atoms with Crippen molar-refractivity contribution in [2.45, 2.75) is 33.0 Å². The average molecular weight is 365 g/mol. The molecule has 0 spiro atoms. The third-order valence-electron chi connectivity index (χ3n) is 4.10. The number of carbonyl (C=O) groups is 2. The normalized spacial score (nSPS) is 16.0. The summed E-state index contributed by atoms with van der Waals surface area (Å²) >= 11 is 0. The SMILES string of the molecule is CC(C)CC1=NC(NC(=O)OCc2ccccc2)C(=O)Nc2ccccc21. The second kappa shape index (κ2) is 8.49. The van der Waals surface area contributed by atoms with Gasteiger partial charge in [0.2, 0.25) is 6.17 Å². The van der Waals surface area contributed by atoms with Crippen molar-refractivity contribution in [1.29, 1.82) is 0 Å². The highest BCUT2D eigenvalue weighted by atomic mass is 16.5. The maximum Gasteiger partial charge on any atom is 0.409 e. The van der Waals surface area contributed by atoms with E-state index in [4.69, 9.17) is 4.74 Å². The standard InChI is InChI=1S/C21H23N3O3/c1-14(2)12-18-16-10-6-7-11-17(16)23-20(25)19(22-18)24-21(26)27-13-15-8-4-3-5-9-15/h3-11,14,19H,12-13H2,1-2H3,(H,23,25)(H,24,26). The van der Waals surface area contributed by atoms with Gasteiger partial charge >= 0.3 is 6.09 Å². The fourth-order valence-electron chi connectivity index (χ4n) is 2.85. The molecule has 6 heteroatoms. The second-order valence-corrected chi connectivity index (χ2v) is 6.82. The zero-order valence-corrected chi connectivity index (χ0v) is 15.4. The molecule has 0 saturated heterocycles. The van der Waals surface area contributed by atoms with E-state index in [1.807, 2.05) is 54.6 Å². The Hall–Kier alpha value is -3.15. The van der Waals surface area contributed by atoms with Gasteiger partial charge in [-0.3, -0.25) is 15.1 Å². The van der Waals surface area contributed by atoms with Crippen LogP contribution in [0.15, 0.2) is 59.6 Å². The minimum Gasteiger partial charge on any atom is -0.445 e.